The predicted molar refractivity (Wildman–Crippen MR) is 75.7 cm³/mol. The fourth-order valence-electron chi connectivity index (χ4n) is 2.06. The summed E-state index contributed by atoms with van der Waals surface area (Å²) in [5.74, 6) is -0.761. The van der Waals surface area contributed by atoms with Gasteiger partial charge in [0.05, 0.1) is 17.3 Å². The summed E-state index contributed by atoms with van der Waals surface area (Å²) in [7, 11) is 0. The third-order valence-corrected chi connectivity index (χ3v) is 3.17. The number of hydrazone groups is 1. The van der Waals surface area contributed by atoms with E-state index in [0.717, 1.165) is 16.1 Å². The summed E-state index contributed by atoms with van der Waals surface area (Å²) >= 11 is 0. The Labute approximate surface area is 116 Å². The highest BCUT2D eigenvalue weighted by Gasteiger charge is 2.35. The molecule has 0 aromatic heterocycles. The maximum atomic E-state index is 12.1. The van der Waals surface area contributed by atoms with Crippen molar-refractivity contribution in [1.29, 1.82) is 0 Å². The molecule has 0 saturated carbocycles. The smallest absolute Gasteiger partial charge is 0.267 e. The molecule has 0 unspecified atom stereocenters. The first-order valence-corrected chi connectivity index (χ1v) is 6.25. The second-order valence-electron chi connectivity index (χ2n) is 4.62. The number of benzene rings is 2. The largest absolute Gasteiger partial charge is 0.282 e. The van der Waals surface area contributed by atoms with Gasteiger partial charge in [-0.3, -0.25) is 9.59 Å². The van der Waals surface area contributed by atoms with Gasteiger partial charge in [-0.05, 0) is 24.6 Å². The Morgan fingerprint density at radius 1 is 0.900 bits per heavy atom. The first kappa shape index (κ1) is 12.3. The molecule has 2 aromatic rings. The molecule has 0 N–H and O–H groups in total. The molecule has 1 aliphatic heterocycles. The Morgan fingerprint density at radius 3 is 2.00 bits per heavy atom. The van der Waals surface area contributed by atoms with Crippen molar-refractivity contribution in [3.63, 3.8) is 0 Å². The van der Waals surface area contributed by atoms with Crippen molar-refractivity contribution >= 4 is 18.0 Å². The summed E-state index contributed by atoms with van der Waals surface area (Å²) in [6.07, 6.45) is 1.52. The van der Waals surface area contributed by atoms with E-state index >= 15 is 0 Å². The Kier molecular flexibility index (Phi) is 2.91. The molecule has 0 aliphatic carbocycles. The van der Waals surface area contributed by atoms with Gasteiger partial charge in [0, 0.05) is 0 Å². The Hall–Kier alpha value is -2.75. The fraction of sp³-hybridized carbons (Fsp3) is 0.0625. The van der Waals surface area contributed by atoms with Crippen molar-refractivity contribution in [3.8, 4) is 0 Å². The summed E-state index contributed by atoms with van der Waals surface area (Å²) < 4.78 is 0. The normalized spacial score (nSPS) is 14.2. The van der Waals surface area contributed by atoms with E-state index in [2.05, 4.69) is 5.10 Å². The van der Waals surface area contributed by atoms with Crippen LogP contribution in [0.25, 0.3) is 0 Å². The first-order chi connectivity index (χ1) is 9.66. The maximum absolute atomic E-state index is 12.1. The Bertz CT molecular complexity index is 683. The topological polar surface area (TPSA) is 49.7 Å². The zero-order valence-electron chi connectivity index (χ0n) is 10.9. The molecule has 0 spiro atoms. The van der Waals surface area contributed by atoms with Crippen LogP contribution in [0.4, 0.5) is 0 Å². The van der Waals surface area contributed by atoms with Crippen LogP contribution >= 0.6 is 0 Å². The lowest BCUT2D eigenvalue weighted by atomic mass is 10.1. The molecular weight excluding hydrogens is 252 g/mol. The van der Waals surface area contributed by atoms with Gasteiger partial charge >= 0.3 is 0 Å². The minimum absolute atomic E-state index is 0.381. The Balaban J connectivity index is 1.88. The number of fused-ring (bicyclic) bond motifs is 1. The van der Waals surface area contributed by atoms with Crippen molar-refractivity contribution in [3.05, 3.63) is 70.8 Å². The number of hydrogen-bond acceptors (Lipinski definition) is 3. The first-order valence-electron chi connectivity index (χ1n) is 6.25. The molecule has 20 heavy (non-hydrogen) atoms. The molecule has 2 aromatic carbocycles. The van der Waals surface area contributed by atoms with E-state index in [0.29, 0.717) is 11.1 Å². The average Bonchev–Trinajstić information content (AvgIpc) is 2.71. The van der Waals surface area contributed by atoms with E-state index in [1.165, 1.54) is 6.21 Å². The summed E-state index contributed by atoms with van der Waals surface area (Å²) in [6, 6.07) is 14.4. The van der Waals surface area contributed by atoms with E-state index in [-0.39, 0.29) is 11.8 Å². The zero-order chi connectivity index (χ0) is 14.1. The monoisotopic (exact) mass is 264 g/mol. The van der Waals surface area contributed by atoms with Crippen LogP contribution in [0.15, 0.2) is 53.6 Å². The predicted octanol–water partition coefficient (Wildman–Crippen LogP) is 2.63. The van der Waals surface area contributed by atoms with E-state index in [4.69, 9.17) is 0 Å². The second kappa shape index (κ2) is 4.74. The highest BCUT2D eigenvalue weighted by Crippen LogP contribution is 2.22. The number of hydrogen-bond donors (Lipinski definition) is 0. The SMILES string of the molecule is Cc1ccc(/C=N/N2C(=O)c3ccccc3C2=O)cc1. The van der Waals surface area contributed by atoms with Gasteiger partial charge in [-0.2, -0.15) is 10.1 Å². The molecule has 1 heterocycles. The molecule has 1 aliphatic rings. The lowest BCUT2D eigenvalue weighted by Crippen LogP contribution is -2.23. The van der Waals surface area contributed by atoms with Crippen molar-refractivity contribution in [2.24, 2.45) is 5.10 Å². The molecular formula is C16H12N2O2. The number of aryl methyl sites for hydroxylation is 1. The molecule has 0 radical (unpaired) electrons. The maximum Gasteiger partial charge on any atom is 0.282 e. The number of carbonyl (C=O) groups excluding carboxylic acids is 2. The van der Waals surface area contributed by atoms with Gasteiger partial charge in [0.1, 0.15) is 0 Å². The van der Waals surface area contributed by atoms with E-state index < -0.39 is 0 Å². The van der Waals surface area contributed by atoms with Gasteiger partial charge in [-0.25, -0.2) is 0 Å². The third kappa shape index (κ3) is 2.01. The van der Waals surface area contributed by atoms with Crippen molar-refractivity contribution in [2.75, 3.05) is 0 Å². The van der Waals surface area contributed by atoms with Crippen molar-refractivity contribution < 1.29 is 9.59 Å². The van der Waals surface area contributed by atoms with Crippen LogP contribution < -0.4 is 0 Å². The lowest BCUT2D eigenvalue weighted by Gasteiger charge is -2.05. The van der Waals surface area contributed by atoms with E-state index in [9.17, 15) is 9.59 Å². The van der Waals surface area contributed by atoms with Crippen LogP contribution in [0.2, 0.25) is 0 Å². The lowest BCUT2D eigenvalue weighted by molar-refractivity contribution is 0.0660. The van der Waals surface area contributed by atoms with Crippen LogP contribution in [-0.2, 0) is 0 Å². The van der Waals surface area contributed by atoms with Gasteiger partial charge in [-0.1, -0.05) is 42.0 Å². The number of carbonyl (C=O) groups is 2. The fourth-order valence-corrected chi connectivity index (χ4v) is 2.06. The minimum atomic E-state index is -0.381. The van der Waals surface area contributed by atoms with Crippen molar-refractivity contribution in [2.45, 2.75) is 6.92 Å². The molecule has 0 saturated heterocycles. The average molecular weight is 264 g/mol. The molecule has 0 atom stereocenters. The van der Waals surface area contributed by atoms with Gasteiger partial charge < -0.3 is 0 Å². The summed E-state index contributed by atoms with van der Waals surface area (Å²) in [4.78, 5) is 24.1. The van der Waals surface area contributed by atoms with Gasteiger partial charge in [0.15, 0.2) is 0 Å². The number of nitrogens with zero attached hydrogens (tertiary/aromatic N) is 2. The molecule has 0 fully saturated rings. The van der Waals surface area contributed by atoms with Crippen LogP contribution in [0.1, 0.15) is 31.8 Å². The molecule has 0 bridgehead atoms. The number of rotatable bonds is 2. The van der Waals surface area contributed by atoms with E-state index in [1.807, 2.05) is 31.2 Å². The van der Waals surface area contributed by atoms with Crippen LogP contribution in [0.3, 0.4) is 0 Å². The highest BCUT2D eigenvalue weighted by atomic mass is 16.2. The summed E-state index contributed by atoms with van der Waals surface area (Å²) in [5, 5.41) is 4.92. The molecule has 4 heteroatoms. The second-order valence-corrected chi connectivity index (χ2v) is 4.62. The highest BCUT2D eigenvalue weighted by molar-refractivity contribution is 6.21. The summed E-state index contributed by atoms with van der Waals surface area (Å²) in [6.45, 7) is 1.99. The molecule has 3 rings (SSSR count). The number of amides is 2. The van der Waals surface area contributed by atoms with Gasteiger partial charge in [-0.15, -0.1) is 0 Å². The number of imide groups is 1. The van der Waals surface area contributed by atoms with Crippen LogP contribution in [-0.4, -0.2) is 23.0 Å². The Morgan fingerprint density at radius 2 is 1.45 bits per heavy atom. The summed E-state index contributed by atoms with van der Waals surface area (Å²) in [5.41, 5.74) is 2.78. The molecule has 98 valence electrons. The minimum Gasteiger partial charge on any atom is -0.267 e. The van der Waals surface area contributed by atoms with Crippen LogP contribution in [0, 0.1) is 6.92 Å². The van der Waals surface area contributed by atoms with Gasteiger partial charge in [0.25, 0.3) is 11.8 Å². The standard InChI is InChI=1S/C16H12N2O2/c1-11-6-8-12(9-7-11)10-17-18-15(19)13-4-2-3-5-14(13)16(18)20/h2-10H,1H3/b17-10+. The molecule has 2 amide bonds. The van der Waals surface area contributed by atoms with Crippen molar-refractivity contribution in [1.82, 2.24) is 5.01 Å². The van der Waals surface area contributed by atoms with Crippen LogP contribution in [0.5, 0.6) is 0 Å². The zero-order valence-corrected chi connectivity index (χ0v) is 10.9. The van der Waals surface area contributed by atoms with E-state index in [1.54, 1.807) is 24.3 Å². The quantitative estimate of drug-likeness (QED) is 0.618. The molecule has 4 nitrogen and oxygen atoms in total. The van der Waals surface area contributed by atoms with Gasteiger partial charge in [0.2, 0.25) is 0 Å². The third-order valence-electron chi connectivity index (χ3n) is 3.17.